The number of hydrogen-bond donors (Lipinski definition) is 2. The maximum Gasteiger partial charge on any atom is 0.573 e. The molecule has 0 aromatic heterocycles. The van der Waals surface area contributed by atoms with E-state index in [0.717, 1.165) is 18.2 Å². The number of hydrogen-bond acceptors (Lipinski definition) is 3. The minimum absolute atomic E-state index is 0.0672. The topological polar surface area (TPSA) is 70.4 Å². The van der Waals surface area contributed by atoms with Crippen molar-refractivity contribution in [2.45, 2.75) is 26.1 Å². The van der Waals surface area contributed by atoms with Gasteiger partial charge in [-0.2, -0.15) is 0 Å². The van der Waals surface area contributed by atoms with Crippen molar-refractivity contribution in [3.8, 4) is 5.75 Å². The summed E-state index contributed by atoms with van der Waals surface area (Å²) in [6, 6.07) is 2.94. The lowest BCUT2D eigenvalue weighted by atomic mass is 10.0. The van der Waals surface area contributed by atoms with Crippen molar-refractivity contribution >= 4 is 11.7 Å². The average molecular weight is 275 g/mol. The van der Waals surface area contributed by atoms with E-state index in [1.165, 1.54) is 0 Å². The Bertz CT molecular complexity index is 497. The third kappa shape index (κ3) is 4.61. The van der Waals surface area contributed by atoms with Crippen molar-refractivity contribution in [1.29, 1.82) is 5.41 Å². The molecule has 0 radical (unpaired) electrons. The van der Waals surface area contributed by atoms with Gasteiger partial charge in [0.15, 0.2) is 0 Å². The van der Waals surface area contributed by atoms with E-state index in [9.17, 15) is 18.0 Å². The normalized spacial score (nSPS) is 11.2. The van der Waals surface area contributed by atoms with E-state index < -0.39 is 18.1 Å². The van der Waals surface area contributed by atoms with Crippen LogP contribution in [0.2, 0.25) is 0 Å². The predicted octanol–water partition coefficient (Wildman–Crippen LogP) is 3.45. The highest BCUT2D eigenvalue weighted by Gasteiger charge is 2.31. The average Bonchev–Trinajstić information content (AvgIpc) is 2.26. The number of rotatable bonds is 5. The number of ether oxygens (including phenoxy) is 1. The Kier molecular flexibility index (Phi) is 4.52. The summed E-state index contributed by atoms with van der Waals surface area (Å²) in [5.74, 6) is -2.01. The first-order valence-corrected chi connectivity index (χ1v) is 5.45. The maximum absolute atomic E-state index is 12.1. The molecule has 0 amide bonds. The van der Waals surface area contributed by atoms with Crippen LogP contribution in [0, 0.1) is 5.41 Å². The molecule has 7 heteroatoms. The summed E-state index contributed by atoms with van der Waals surface area (Å²) in [5, 5.41) is 16.5. The Morgan fingerprint density at radius 2 is 1.89 bits per heavy atom. The highest BCUT2D eigenvalue weighted by molar-refractivity contribution is 6.01. The Balaban J connectivity index is 3.18. The van der Waals surface area contributed by atoms with Gasteiger partial charge in [0.1, 0.15) is 5.75 Å². The van der Waals surface area contributed by atoms with E-state index in [4.69, 9.17) is 10.5 Å². The molecule has 0 unspecified atom stereocenters. The lowest BCUT2D eigenvalue weighted by Crippen LogP contribution is -2.18. The van der Waals surface area contributed by atoms with Crippen LogP contribution in [0.15, 0.2) is 18.2 Å². The minimum atomic E-state index is -4.90. The zero-order chi connectivity index (χ0) is 14.6. The number of carbonyl (C=O) groups is 1. The molecular weight excluding hydrogens is 263 g/mol. The van der Waals surface area contributed by atoms with Crippen molar-refractivity contribution in [3.63, 3.8) is 0 Å². The molecule has 0 atom stereocenters. The Hall–Kier alpha value is -2.05. The molecule has 1 aromatic carbocycles. The molecule has 0 aliphatic carbocycles. The summed E-state index contributed by atoms with van der Waals surface area (Å²) >= 11 is 0. The van der Waals surface area contributed by atoms with E-state index >= 15 is 0 Å². The standard InChI is InChI=1S/C12H12F3NO3/c1-2-3-10(16)7-4-8(11(17)18)6-9(5-7)19-12(13,14)15/h4-6,16H,2-3H2,1H3,(H,17,18). The summed E-state index contributed by atoms with van der Waals surface area (Å²) < 4.78 is 40.1. The van der Waals surface area contributed by atoms with Crippen LogP contribution in [-0.2, 0) is 0 Å². The molecule has 1 aromatic rings. The van der Waals surface area contributed by atoms with Crippen LogP contribution >= 0.6 is 0 Å². The molecule has 0 saturated heterocycles. The molecule has 0 spiro atoms. The molecule has 19 heavy (non-hydrogen) atoms. The summed E-state index contributed by atoms with van der Waals surface area (Å²) in [4.78, 5) is 10.8. The fourth-order valence-corrected chi connectivity index (χ4v) is 1.48. The van der Waals surface area contributed by atoms with Gasteiger partial charge in [0.25, 0.3) is 0 Å². The van der Waals surface area contributed by atoms with Crippen LogP contribution in [0.1, 0.15) is 35.7 Å². The molecule has 4 nitrogen and oxygen atoms in total. The molecule has 0 bridgehead atoms. The molecule has 0 fully saturated rings. The van der Waals surface area contributed by atoms with E-state index in [1.54, 1.807) is 0 Å². The van der Waals surface area contributed by atoms with Gasteiger partial charge in [-0.3, -0.25) is 0 Å². The molecule has 2 N–H and O–H groups in total. The van der Waals surface area contributed by atoms with Crippen molar-refractivity contribution in [1.82, 2.24) is 0 Å². The zero-order valence-electron chi connectivity index (χ0n) is 10.0. The lowest BCUT2D eigenvalue weighted by molar-refractivity contribution is -0.274. The minimum Gasteiger partial charge on any atom is -0.478 e. The van der Waals surface area contributed by atoms with Gasteiger partial charge >= 0.3 is 12.3 Å². The first kappa shape index (κ1) is 15.0. The van der Waals surface area contributed by atoms with Crippen molar-refractivity contribution < 1.29 is 27.8 Å². The molecule has 0 heterocycles. The van der Waals surface area contributed by atoms with Crippen LogP contribution in [-0.4, -0.2) is 23.1 Å². The molecular formula is C12H12F3NO3. The van der Waals surface area contributed by atoms with Gasteiger partial charge in [0, 0.05) is 5.71 Å². The fourth-order valence-electron chi connectivity index (χ4n) is 1.48. The van der Waals surface area contributed by atoms with Gasteiger partial charge in [0.05, 0.1) is 5.56 Å². The van der Waals surface area contributed by atoms with E-state index in [-0.39, 0.29) is 16.8 Å². The number of nitrogens with one attached hydrogen (secondary N) is 1. The highest BCUT2D eigenvalue weighted by Crippen LogP contribution is 2.25. The highest BCUT2D eigenvalue weighted by atomic mass is 19.4. The van der Waals surface area contributed by atoms with Gasteiger partial charge in [0.2, 0.25) is 0 Å². The third-order valence-corrected chi connectivity index (χ3v) is 2.24. The number of halogens is 3. The summed E-state index contributed by atoms with van der Waals surface area (Å²) in [6.45, 7) is 1.81. The van der Waals surface area contributed by atoms with Crippen LogP contribution in [0.4, 0.5) is 13.2 Å². The number of carboxylic acids is 1. The van der Waals surface area contributed by atoms with Gasteiger partial charge in [-0.25, -0.2) is 4.79 Å². The van der Waals surface area contributed by atoms with Crippen LogP contribution in [0.25, 0.3) is 0 Å². The van der Waals surface area contributed by atoms with Gasteiger partial charge in [-0.05, 0) is 30.2 Å². The Morgan fingerprint density at radius 3 is 2.37 bits per heavy atom. The molecule has 0 saturated carbocycles. The zero-order valence-corrected chi connectivity index (χ0v) is 10.0. The summed E-state index contributed by atoms with van der Waals surface area (Å²) in [5.41, 5.74) is -0.170. The summed E-state index contributed by atoms with van der Waals surface area (Å²) in [6.07, 6.45) is -3.93. The second kappa shape index (κ2) is 5.73. The van der Waals surface area contributed by atoms with Gasteiger partial charge in [-0.1, -0.05) is 13.3 Å². The van der Waals surface area contributed by atoms with Crippen LogP contribution < -0.4 is 4.74 Å². The van der Waals surface area contributed by atoms with Crippen LogP contribution in [0.5, 0.6) is 5.75 Å². The van der Waals surface area contributed by atoms with E-state index in [2.05, 4.69) is 4.74 Å². The molecule has 0 aliphatic heterocycles. The van der Waals surface area contributed by atoms with E-state index in [1.807, 2.05) is 6.92 Å². The first-order valence-electron chi connectivity index (χ1n) is 5.45. The monoisotopic (exact) mass is 275 g/mol. The Morgan fingerprint density at radius 1 is 1.32 bits per heavy atom. The van der Waals surface area contributed by atoms with Crippen molar-refractivity contribution in [3.05, 3.63) is 29.3 Å². The number of alkyl halides is 3. The second-order valence-corrected chi connectivity index (χ2v) is 3.83. The molecule has 0 aliphatic rings. The van der Waals surface area contributed by atoms with Crippen molar-refractivity contribution in [2.75, 3.05) is 0 Å². The van der Waals surface area contributed by atoms with Crippen molar-refractivity contribution in [2.24, 2.45) is 0 Å². The quantitative estimate of drug-likeness (QED) is 0.808. The Labute approximate surface area is 107 Å². The number of benzene rings is 1. The van der Waals surface area contributed by atoms with E-state index in [0.29, 0.717) is 12.8 Å². The first-order chi connectivity index (χ1) is 8.73. The molecule has 104 valence electrons. The van der Waals surface area contributed by atoms with Crippen LogP contribution in [0.3, 0.4) is 0 Å². The lowest BCUT2D eigenvalue weighted by Gasteiger charge is -2.12. The largest absolute Gasteiger partial charge is 0.573 e. The second-order valence-electron chi connectivity index (χ2n) is 3.83. The predicted molar refractivity (Wildman–Crippen MR) is 61.8 cm³/mol. The van der Waals surface area contributed by atoms with Gasteiger partial charge < -0.3 is 15.3 Å². The van der Waals surface area contributed by atoms with Gasteiger partial charge in [-0.15, -0.1) is 13.2 Å². The SMILES string of the molecule is CCCC(=N)c1cc(OC(F)(F)F)cc(C(=O)O)c1. The third-order valence-electron chi connectivity index (χ3n) is 2.24. The fraction of sp³-hybridized carbons (Fsp3) is 0.333. The number of aromatic carboxylic acids is 1. The molecule has 1 rings (SSSR count). The maximum atomic E-state index is 12.1. The summed E-state index contributed by atoms with van der Waals surface area (Å²) in [7, 11) is 0. The smallest absolute Gasteiger partial charge is 0.478 e. The number of carboxylic acid groups (broad SMARTS) is 1.